The average Bonchev–Trinajstić information content (AvgIpc) is 2.90. The van der Waals surface area contributed by atoms with E-state index in [-0.39, 0.29) is 5.78 Å². The number of amides is 1. The largest absolute Gasteiger partial charge is 0.444 e. The first-order valence-corrected chi connectivity index (χ1v) is 8.04. The van der Waals surface area contributed by atoms with Gasteiger partial charge in [-0.3, -0.25) is 4.79 Å². The first-order valence-electron chi connectivity index (χ1n) is 7.16. The Morgan fingerprint density at radius 3 is 2.55 bits per heavy atom. The van der Waals surface area contributed by atoms with E-state index in [1.807, 2.05) is 23.6 Å². The molecule has 0 radical (unpaired) electrons. The lowest BCUT2D eigenvalue weighted by molar-refractivity contribution is 0.0231. The normalized spacial score (nSPS) is 13.0. The Kier molecular flexibility index (Phi) is 4.56. The van der Waals surface area contributed by atoms with Crippen LogP contribution >= 0.6 is 11.3 Å². The maximum absolute atomic E-state index is 12.6. The summed E-state index contributed by atoms with van der Waals surface area (Å²) in [6.07, 6.45) is -0.495. The number of carbonyl (C=O) groups is 2. The predicted octanol–water partition coefficient (Wildman–Crippen LogP) is 4.34. The summed E-state index contributed by atoms with van der Waals surface area (Å²) in [7, 11) is 1.58. The smallest absolute Gasteiger partial charge is 0.410 e. The van der Waals surface area contributed by atoms with E-state index >= 15 is 0 Å². The molecule has 1 amide bonds. The van der Waals surface area contributed by atoms with Crippen molar-refractivity contribution in [3.05, 3.63) is 35.2 Å². The van der Waals surface area contributed by atoms with E-state index in [9.17, 15) is 9.59 Å². The lowest BCUT2D eigenvalue weighted by Gasteiger charge is -2.28. The Hall–Kier alpha value is -1.88. The van der Waals surface area contributed by atoms with Crippen molar-refractivity contribution < 1.29 is 14.3 Å². The summed E-state index contributed by atoms with van der Waals surface area (Å²) >= 11 is 1.64. The van der Waals surface area contributed by atoms with E-state index in [1.54, 1.807) is 52.1 Å². The molecular formula is C17H21NO3S. The number of fused-ring (bicyclic) bond motifs is 1. The number of nitrogens with zero attached hydrogens (tertiary/aromatic N) is 1. The highest BCUT2D eigenvalue weighted by Gasteiger charge is 2.27. The third kappa shape index (κ3) is 3.65. The van der Waals surface area contributed by atoms with Gasteiger partial charge in [0.15, 0.2) is 5.78 Å². The number of carbonyl (C=O) groups excluding carboxylic acids is 2. The van der Waals surface area contributed by atoms with Crippen LogP contribution in [0.15, 0.2) is 29.6 Å². The Balaban J connectivity index is 2.15. The molecule has 0 aliphatic rings. The number of thiophene rings is 1. The molecule has 0 fully saturated rings. The van der Waals surface area contributed by atoms with E-state index in [1.165, 1.54) is 4.90 Å². The lowest BCUT2D eigenvalue weighted by atomic mass is 10.0. The van der Waals surface area contributed by atoms with Gasteiger partial charge in [-0.05, 0) is 62.7 Å². The number of hydrogen-bond donors (Lipinski definition) is 0. The summed E-state index contributed by atoms with van der Waals surface area (Å²) in [4.78, 5) is 26.0. The molecule has 1 unspecified atom stereocenters. The van der Waals surface area contributed by atoms with Crippen molar-refractivity contribution >= 4 is 33.3 Å². The third-order valence-corrected chi connectivity index (χ3v) is 4.28. The van der Waals surface area contributed by atoms with Gasteiger partial charge in [-0.25, -0.2) is 4.79 Å². The maximum Gasteiger partial charge on any atom is 0.410 e. The Bertz CT molecular complexity index is 699. The van der Waals surface area contributed by atoms with Crippen LogP contribution in [0.2, 0.25) is 0 Å². The minimum Gasteiger partial charge on any atom is -0.444 e. The van der Waals surface area contributed by atoms with Crippen molar-refractivity contribution in [2.24, 2.45) is 0 Å². The quantitative estimate of drug-likeness (QED) is 0.791. The first-order chi connectivity index (χ1) is 10.2. The summed E-state index contributed by atoms with van der Waals surface area (Å²) in [6.45, 7) is 7.12. The topological polar surface area (TPSA) is 46.6 Å². The second-order valence-electron chi connectivity index (χ2n) is 6.30. The zero-order valence-corrected chi connectivity index (χ0v) is 14.4. The molecule has 0 spiro atoms. The van der Waals surface area contributed by atoms with Gasteiger partial charge in [-0.1, -0.05) is 0 Å². The van der Waals surface area contributed by atoms with Crippen molar-refractivity contribution in [3.63, 3.8) is 0 Å². The lowest BCUT2D eigenvalue weighted by Crippen LogP contribution is -2.43. The Morgan fingerprint density at radius 2 is 1.91 bits per heavy atom. The number of ether oxygens (including phenoxy) is 1. The molecule has 1 heterocycles. The summed E-state index contributed by atoms with van der Waals surface area (Å²) in [6, 6.07) is 7.02. The van der Waals surface area contributed by atoms with Crippen LogP contribution in [0.1, 0.15) is 38.1 Å². The fraction of sp³-hybridized carbons (Fsp3) is 0.412. The van der Waals surface area contributed by atoms with Crippen LogP contribution in [0.3, 0.4) is 0 Å². The summed E-state index contributed by atoms with van der Waals surface area (Å²) in [5, 5.41) is 3.04. The van der Waals surface area contributed by atoms with E-state index in [4.69, 9.17) is 4.74 Å². The predicted molar refractivity (Wildman–Crippen MR) is 89.6 cm³/mol. The zero-order chi connectivity index (χ0) is 16.5. The van der Waals surface area contributed by atoms with Crippen LogP contribution in [0.25, 0.3) is 10.1 Å². The monoisotopic (exact) mass is 319 g/mol. The van der Waals surface area contributed by atoms with Crippen molar-refractivity contribution in [3.8, 4) is 0 Å². The molecule has 118 valence electrons. The summed E-state index contributed by atoms with van der Waals surface area (Å²) in [5.74, 6) is -0.0959. The SMILES string of the molecule is CC(C(=O)c1ccc2sccc2c1)N(C)C(=O)OC(C)(C)C. The van der Waals surface area contributed by atoms with E-state index < -0.39 is 17.7 Å². The molecule has 0 N–H and O–H groups in total. The number of benzene rings is 1. The Labute approximate surface area is 134 Å². The van der Waals surface area contributed by atoms with Gasteiger partial charge in [0.05, 0.1) is 6.04 Å². The second-order valence-corrected chi connectivity index (χ2v) is 7.25. The molecule has 2 aromatic rings. The maximum atomic E-state index is 12.6. The van der Waals surface area contributed by atoms with Gasteiger partial charge in [-0.15, -0.1) is 11.3 Å². The van der Waals surface area contributed by atoms with Crippen molar-refractivity contribution in [2.75, 3.05) is 7.05 Å². The minimum atomic E-state index is -0.580. The molecule has 1 aromatic heterocycles. The molecule has 5 heteroatoms. The molecule has 4 nitrogen and oxygen atoms in total. The number of Topliss-reactive ketones (excluding diaryl/α,β-unsaturated/α-hetero) is 1. The fourth-order valence-corrected chi connectivity index (χ4v) is 2.80. The highest BCUT2D eigenvalue weighted by Crippen LogP contribution is 2.23. The number of ketones is 1. The summed E-state index contributed by atoms with van der Waals surface area (Å²) < 4.78 is 6.44. The molecule has 0 aliphatic heterocycles. The van der Waals surface area contributed by atoms with Gasteiger partial charge in [-0.2, -0.15) is 0 Å². The van der Waals surface area contributed by atoms with Crippen molar-refractivity contribution in [2.45, 2.75) is 39.3 Å². The highest BCUT2D eigenvalue weighted by molar-refractivity contribution is 7.17. The van der Waals surface area contributed by atoms with Crippen LogP contribution < -0.4 is 0 Å². The minimum absolute atomic E-state index is 0.0959. The molecule has 1 aromatic carbocycles. The summed E-state index contributed by atoms with van der Waals surface area (Å²) in [5.41, 5.74) is 0.0257. The van der Waals surface area contributed by atoms with E-state index in [0.717, 1.165) is 10.1 Å². The number of likely N-dealkylation sites (N-methyl/N-ethyl adjacent to an activating group) is 1. The van der Waals surface area contributed by atoms with Crippen LogP contribution in [-0.2, 0) is 4.74 Å². The van der Waals surface area contributed by atoms with Crippen LogP contribution in [0.4, 0.5) is 4.79 Å². The van der Waals surface area contributed by atoms with Gasteiger partial charge in [0.25, 0.3) is 0 Å². The Morgan fingerprint density at radius 1 is 1.23 bits per heavy atom. The second kappa shape index (κ2) is 6.08. The highest BCUT2D eigenvalue weighted by atomic mass is 32.1. The van der Waals surface area contributed by atoms with Crippen LogP contribution in [-0.4, -0.2) is 35.5 Å². The number of rotatable bonds is 3. The molecular weight excluding hydrogens is 298 g/mol. The first kappa shape index (κ1) is 16.5. The van der Waals surface area contributed by atoms with Gasteiger partial charge in [0.2, 0.25) is 0 Å². The van der Waals surface area contributed by atoms with Gasteiger partial charge in [0.1, 0.15) is 5.60 Å². The van der Waals surface area contributed by atoms with E-state index in [0.29, 0.717) is 5.56 Å². The van der Waals surface area contributed by atoms with Crippen molar-refractivity contribution in [1.82, 2.24) is 4.90 Å². The molecule has 0 bridgehead atoms. The third-order valence-electron chi connectivity index (χ3n) is 3.38. The molecule has 0 aliphatic carbocycles. The van der Waals surface area contributed by atoms with Gasteiger partial charge < -0.3 is 9.64 Å². The zero-order valence-electron chi connectivity index (χ0n) is 13.5. The fourth-order valence-electron chi connectivity index (χ4n) is 2.03. The van der Waals surface area contributed by atoms with Gasteiger partial charge >= 0.3 is 6.09 Å². The number of hydrogen-bond acceptors (Lipinski definition) is 4. The standard InChI is InChI=1S/C17H21NO3S/c1-11(18(5)16(20)21-17(2,3)4)15(19)13-6-7-14-12(10-13)8-9-22-14/h6-11H,1-5H3. The average molecular weight is 319 g/mol. The van der Waals surface area contributed by atoms with Crippen LogP contribution in [0.5, 0.6) is 0 Å². The molecule has 1 atom stereocenters. The van der Waals surface area contributed by atoms with Crippen molar-refractivity contribution in [1.29, 1.82) is 0 Å². The molecule has 22 heavy (non-hydrogen) atoms. The molecule has 2 rings (SSSR count). The molecule has 0 saturated heterocycles. The van der Waals surface area contributed by atoms with Gasteiger partial charge in [0, 0.05) is 17.3 Å². The van der Waals surface area contributed by atoms with E-state index in [2.05, 4.69) is 0 Å². The van der Waals surface area contributed by atoms with Crippen LogP contribution in [0, 0.1) is 0 Å². The molecule has 0 saturated carbocycles.